The van der Waals surface area contributed by atoms with Gasteiger partial charge in [-0.1, -0.05) is 30.3 Å². The Bertz CT molecular complexity index is 571. The first-order valence-electron chi connectivity index (χ1n) is 8.85. The zero-order valence-corrected chi connectivity index (χ0v) is 15.1. The summed E-state index contributed by atoms with van der Waals surface area (Å²) in [6, 6.07) is 9.93. The fourth-order valence-corrected chi connectivity index (χ4v) is 3.07. The molecule has 25 heavy (non-hydrogen) atoms. The minimum absolute atomic E-state index is 0.0248. The normalized spacial score (nSPS) is 29.6. The van der Waals surface area contributed by atoms with Crippen molar-refractivity contribution in [3.63, 3.8) is 0 Å². The highest BCUT2D eigenvalue weighted by molar-refractivity contribution is 5.67. The first-order valence-corrected chi connectivity index (χ1v) is 8.85. The van der Waals surface area contributed by atoms with Gasteiger partial charge in [0.05, 0.1) is 18.8 Å². The molecule has 1 amide bonds. The van der Waals surface area contributed by atoms with Crippen molar-refractivity contribution in [1.29, 1.82) is 0 Å². The lowest BCUT2D eigenvalue weighted by Gasteiger charge is -2.42. The summed E-state index contributed by atoms with van der Waals surface area (Å²) in [5.41, 5.74) is 0.523. The highest BCUT2D eigenvalue weighted by atomic mass is 16.7. The second-order valence-electron chi connectivity index (χ2n) is 7.51. The number of alkyl carbamates (subject to hydrolysis) is 1. The van der Waals surface area contributed by atoms with Crippen molar-refractivity contribution in [2.24, 2.45) is 0 Å². The van der Waals surface area contributed by atoms with Crippen LogP contribution in [0.3, 0.4) is 0 Å². The standard InChI is InChI=1S/C19H27NO5/c1-19(2,3)25-18(21)20-11-14-9-10-15-16(23-14)12-22-17(24-15)13-7-5-4-6-8-13/h4-8,14-17H,9-12H2,1-3H3,(H,20,21)/t14-,15-,16+,17+/m0/s1. The summed E-state index contributed by atoms with van der Waals surface area (Å²) in [7, 11) is 0. The van der Waals surface area contributed by atoms with Crippen molar-refractivity contribution in [2.45, 2.75) is 63.8 Å². The molecular weight excluding hydrogens is 322 g/mol. The van der Waals surface area contributed by atoms with Gasteiger partial charge in [0.15, 0.2) is 6.29 Å². The number of nitrogens with one attached hydrogen (secondary N) is 1. The summed E-state index contributed by atoms with van der Waals surface area (Å²) in [5.74, 6) is 0. The van der Waals surface area contributed by atoms with E-state index in [1.807, 2.05) is 51.1 Å². The van der Waals surface area contributed by atoms with Crippen LogP contribution in [-0.4, -0.2) is 43.2 Å². The Labute approximate surface area is 148 Å². The molecule has 6 heteroatoms. The molecule has 3 rings (SSSR count). The molecule has 0 aromatic heterocycles. The SMILES string of the molecule is CC(C)(C)OC(=O)NC[C@@H]1CC[C@@H]2O[C@H](c3ccccc3)OC[C@H]2O1. The molecule has 6 nitrogen and oxygen atoms in total. The maximum atomic E-state index is 11.7. The molecule has 0 spiro atoms. The van der Waals surface area contributed by atoms with Crippen LogP contribution in [-0.2, 0) is 18.9 Å². The highest BCUT2D eigenvalue weighted by Gasteiger charge is 2.38. The number of carbonyl (C=O) groups is 1. The summed E-state index contributed by atoms with van der Waals surface area (Å²) in [6.45, 7) is 6.45. The summed E-state index contributed by atoms with van der Waals surface area (Å²) < 4.78 is 23.1. The molecule has 2 saturated heterocycles. The molecule has 0 radical (unpaired) electrons. The van der Waals surface area contributed by atoms with Gasteiger partial charge in [0, 0.05) is 12.1 Å². The lowest BCUT2D eigenvalue weighted by Crippen LogP contribution is -2.50. The molecule has 0 aliphatic carbocycles. The first kappa shape index (κ1) is 18.2. The quantitative estimate of drug-likeness (QED) is 0.908. The molecule has 1 aromatic rings. The van der Waals surface area contributed by atoms with E-state index >= 15 is 0 Å². The van der Waals surface area contributed by atoms with Crippen LogP contribution in [0.15, 0.2) is 30.3 Å². The Morgan fingerprint density at radius 2 is 1.92 bits per heavy atom. The van der Waals surface area contributed by atoms with E-state index in [1.54, 1.807) is 0 Å². The van der Waals surface area contributed by atoms with Crippen LogP contribution in [0, 0.1) is 0 Å². The van der Waals surface area contributed by atoms with Gasteiger partial charge in [-0.05, 0) is 33.6 Å². The van der Waals surface area contributed by atoms with Crippen LogP contribution in [0.2, 0.25) is 0 Å². The monoisotopic (exact) mass is 349 g/mol. The van der Waals surface area contributed by atoms with E-state index in [2.05, 4.69) is 5.32 Å². The van der Waals surface area contributed by atoms with Gasteiger partial charge < -0.3 is 24.3 Å². The van der Waals surface area contributed by atoms with E-state index in [9.17, 15) is 4.79 Å². The maximum Gasteiger partial charge on any atom is 0.407 e. The van der Waals surface area contributed by atoms with Gasteiger partial charge in [0.1, 0.15) is 11.7 Å². The van der Waals surface area contributed by atoms with Gasteiger partial charge >= 0.3 is 6.09 Å². The number of hydrogen-bond donors (Lipinski definition) is 1. The topological polar surface area (TPSA) is 66.0 Å². The van der Waals surface area contributed by atoms with Gasteiger partial charge in [-0.15, -0.1) is 0 Å². The minimum Gasteiger partial charge on any atom is -0.444 e. The molecule has 2 aliphatic heterocycles. The zero-order valence-electron chi connectivity index (χ0n) is 15.1. The fraction of sp³-hybridized carbons (Fsp3) is 0.632. The third kappa shape index (κ3) is 5.17. The second kappa shape index (κ2) is 7.72. The third-order valence-electron chi connectivity index (χ3n) is 4.21. The van der Waals surface area contributed by atoms with Crippen LogP contribution in [0.5, 0.6) is 0 Å². The van der Waals surface area contributed by atoms with E-state index in [1.165, 1.54) is 0 Å². The van der Waals surface area contributed by atoms with Crippen LogP contribution in [0.1, 0.15) is 45.5 Å². The van der Waals surface area contributed by atoms with Crippen LogP contribution in [0.4, 0.5) is 4.79 Å². The predicted molar refractivity (Wildman–Crippen MR) is 92.1 cm³/mol. The summed E-state index contributed by atoms with van der Waals surface area (Å²) in [4.78, 5) is 11.7. The summed E-state index contributed by atoms with van der Waals surface area (Å²) >= 11 is 0. The smallest absolute Gasteiger partial charge is 0.407 e. The van der Waals surface area contributed by atoms with Crippen molar-refractivity contribution in [2.75, 3.05) is 13.2 Å². The number of hydrogen-bond acceptors (Lipinski definition) is 5. The maximum absolute atomic E-state index is 11.7. The summed E-state index contributed by atoms with van der Waals surface area (Å²) in [6.07, 6.45) is 0.849. The number of rotatable bonds is 3. The Morgan fingerprint density at radius 1 is 1.16 bits per heavy atom. The Kier molecular flexibility index (Phi) is 5.61. The van der Waals surface area contributed by atoms with Crippen molar-refractivity contribution < 1.29 is 23.7 Å². The molecule has 138 valence electrons. The largest absolute Gasteiger partial charge is 0.444 e. The van der Waals surface area contributed by atoms with Crippen molar-refractivity contribution in [3.05, 3.63) is 35.9 Å². The van der Waals surface area contributed by atoms with Crippen LogP contribution < -0.4 is 5.32 Å². The van der Waals surface area contributed by atoms with Gasteiger partial charge in [0.25, 0.3) is 0 Å². The average Bonchev–Trinajstić information content (AvgIpc) is 2.58. The highest BCUT2D eigenvalue weighted by Crippen LogP contribution is 2.33. The van der Waals surface area contributed by atoms with Crippen LogP contribution >= 0.6 is 0 Å². The molecule has 1 aromatic carbocycles. The van der Waals surface area contributed by atoms with Gasteiger partial charge in [-0.25, -0.2) is 4.79 Å². The second-order valence-corrected chi connectivity index (χ2v) is 7.51. The van der Waals surface area contributed by atoms with Crippen molar-refractivity contribution in [3.8, 4) is 0 Å². The first-order chi connectivity index (χ1) is 11.9. The number of fused-ring (bicyclic) bond motifs is 1. The Balaban J connectivity index is 1.45. The third-order valence-corrected chi connectivity index (χ3v) is 4.21. The van der Waals surface area contributed by atoms with Gasteiger partial charge in [-0.2, -0.15) is 0 Å². The van der Waals surface area contributed by atoms with Crippen molar-refractivity contribution in [1.82, 2.24) is 5.32 Å². The van der Waals surface area contributed by atoms with Gasteiger partial charge in [-0.3, -0.25) is 0 Å². The Hall–Kier alpha value is -1.63. The number of ether oxygens (including phenoxy) is 4. The lowest BCUT2D eigenvalue weighted by molar-refractivity contribution is -0.287. The molecule has 0 saturated carbocycles. The number of benzene rings is 1. The van der Waals surface area contributed by atoms with Crippen LogP contribution in [0.25, 0.3) is 0 Å². The lowest BCUT2D eigenvalue weighted by atomic mass is 10.00. The van der Waals surface area contributed by atoms with E-state index in [0.717, 1.165) is 18.4 Å². The molecule has 0 bridgehead atoms. The molecule has 2 aliphatic rings. The molecule has 2 fully saturated rings. The predicted octanol–water partition coefficient (Wildman–Crippen LogP) is 3.17. The van der Waals surface area contributed by atoms with Gasteiger partial charge in [0.2, 0.25) is 0 Å². The number of carbonyl (C=O) groups excluding carboxylic acids is 1. The minimum atomic E-state index is -0.500. The molecule has 4 atom stereocenters. The summed E-state index contributed by atoms with van der Waals surface area (Å²) in [5, 5.41) is 2.77. The zero-order chi connectivity index (χ0) is 17.9. The molecule has 0 unspecified atom stereocenters. The van der Waals surface area contributed by atoms with Crippen molar-refractivity contribution >= 4 is 6.09 Å². The molecule has 2 heterocycles. The van der Waals surface area contributed by atoms with E-state index in [4.69, 9.17) is 18.9 Å². The van der Waals surface area contributed by atoms with E-state index in [0.29, 0.717) is 13.2 Å². The molecular formula is C19H27NO5. The van der Waals surface area contributed by atoms with E-state index in [-0.39, 0.29) is 24.6 Å². The molecule has 1 N–H and O–H groups in total. The average molecular weight is 349 g/mol. The Morgan fingerprint density at radius 3 is 2.64 bits per heavy atom. The fourth-order valence-electron chi connectivity index (χ4n) is 3.07. The van der Waals surface area contributed by atoms with E-state index < -0.39 is 11.7 Å². The number of amides is 1.